The van der Waals surface area contributed by atoms with E-state index in [1.807, 2.05) is 0 Å². The number of imide groups is 1. The molecule has 0 aromatic heterocycles. The first-order chi connectivity index (χ1) is 13.6. The standard InChI is InChI=1S/C17H13ClN2O9/c1-2-3-13(25)19-9-4-8(18)10(5-11(9)23)20(7-22)17(29)16(28)15(27)14(26)12(24)6-21/h4-7,23H,2-3H2,1H3,(H,19,25). The number of aromatic hydroxyl groups is 1. The van der Waals surface area contributed by atoms with E-state index in [2.05, 4.69) is 5.32 Å². The number of halogens is 1. The van der Waals surface area contributed by atoms with E-state index in [1.54, 1.807) is 6.92 Å². The number of benzene rings is 1. The van der Waals surface area contributed by atoms with Gasteiger partial charge in [0.15, 0.2) is 6.29 Å². The summed E-state index contributed by atoms with van der Waals surface area (Å²) < 4.78 is 0. The number of ketones is 4. The summed E-state index contributed by atoms with van der Waals surface area (Å²) in [5, 5.41) is 11.9. The molecule has 0 heterocycles. The van der Waals surface area contributed by atoms with Crippen LogP contribution < -0.4 is 10.2 Å². The minimum Gasteiger partial charge on any atom is -0.506 e. The number of hydrogen-bond acceptors (Lipinski definition) is 9. The third kappa shape index (κ3) is 5.39. The van der Waals surface area contributed by atoms with Crippen LogP contribution in [0.4, 0.5) is 11.4 Å². The molecule has 29 heavy (non-hydrogen) atoms. The first-order valence-electron chi connectivity index (χ1n) is 7.82. The Morgan fingerprint density at radius 1 is 1.07 bits per heavy atom. The van der Waals surface area contributed by atoms with E-state index in [0.29, 0.717) is 6.42 Å². The van der Waals surface area contributed by atoms with Crippen molar-refractivity contribution in [3.05, 3.63) is 17.2 Å². The molecule has 1 aromatic carbocycles. The van der Waals surface area contributed by atoms with Gasteiger partial charge in [-0.1, -0.05) is 18.5 Å². The second kappa shape index (κ2) is 9.99. The molecule has 12 heteroatoms. The largest absolute Gasteiger partial charge is 0.506 e. The summed E-state index contributed by atoms with van der Waals surface area (Å²) in [5.74, 6) is -11.0. The number of carbonyl (C=O) groups is 8. The van der Waals surface area contributed by atoms with E-state index in [9.17, 15) is 43.5 Å². The summed E-state index contributed by atoms with van der Waals surface area (Å²) in [7, 11) is 0. The Labute approximate surface area is 167 Å². The summed E-state index contributed by atoms with van der Waals surface area (Å²) in [6.45, 7) is 1.74. The minimum absolute atomic E-state index is 0.0125. The van der Waals surface area contributed by atoms with E-state index in [4.69, 9.17) is 11.6 Å². The van der Waals surface area contributed by atoms with Gasteiger partial charge in [-0.15, -0.1) is 0 Å². The maximum atomic E-state index is 12.1. The first-order valence-corrected chi connectivity index (χ1v) is 8.20. The van der Waals surface area contributed by atoms with Crippen LogP contribution in [0.2, 0.25) is 5.02 Å². The van der Waals surface area contributed by atoms with Crippen LogP contribution in [0.1, 0.15) is 19.8 Å². The molecule has 0 spiro atoms. The normalized spacial score (nSPS) is 9.86. The van der Waals surface area contributed by atoms with Crippen LogP contribution in [0.15, 0.2) is 12.1 Å². The van der Waals surface area contributed by atoms with Crippen molar-refractivity contribution < 1.29 is 43.5 Å². The molecule has 0 aliphatic rings. The Morgan fingerprint density at radius 2 is 1.69 bits per heavy atom. The summed E-state index contributed by atoms with van der Waals surface area (Å²) in [6, 6.07) is 1.74. The monoisotopic (exact) mass is 424 g/mol. The quantitative estimate of drug-likeness (QED) is 0.222. The van der Waals surface area contributed by atoms with Crippen molar-refractivity contribution in [1.29, 1.82) is 0 Å². The Bertz CT molecular complexity index is 939. The molecule has 11 nitrogen and oxygen atoms in total. The molecule has 1 aromatic rings. The van der Waals surface area contributed by atoms with Gasteiger partial charge < -0.3 is 10.4 Å². The van der Waals surface area contributed by atoms with Crippen molar-refractivity contribution in [3.8, 4) is 5.75 Å². The minimum atomic E-state index is -2.12. The zero-order valence-electron chi connectivity index (χ0n) is 14.8. The maximum absolute atomic E-state index is 12.1. The fourth-order valence-corrected chi connectivity index (χ4v) is 2.22. The van der Waals surface area contributed by atoms with Crippen molar-refractivity contribution in [2.24, 2.45) is 0 Å². The van der Waals surface area contributed by atoms with Gasteiger partial charge in [-0.2, -0.15) is 0 Å². The lowest BCUT2D eigenvalue weighted by Gasteiger charge is -2.17. The van der Waals surface area contributed by atoms with Crippen molar-refractivity contribution >= 4 is 70.6 Å². The lowest BCUT2D eigenvalue weighted by Crippen LogP contribution is -2.43. The highest BCUT2D eigenvalue weighted by Crippen LogP contribution is 2.36. The smallest absolute Gasteiger partial charge is 0.309 e. The average molecular weight is 425 g/mol. The summed E-state index contributed by atoms with van der Waals surface area (Å²) >= 11 is 5.92. The number of aldehydes is 1. The molecule has 0 saturated heterocycles. The summed E-state index contributed by atoms with van der Waals surface area (Å²) in [4.78, 5) is 90.7. The number of nitrogens with one attached hydrogen (secondary N) is 1. The van der Waals surface area contributed by atoms with E-state index in [-0.39, 0.29) is 28.4 Å². The molecule has 0 saturated carbocycles. The SMILES string of the molecule is CCCC(=O)Nc1cc(Cl)c(N(C=O)C(=O)C(=O)C(=O)C(=O)C(=O)C=O)cc1O. The molecule has 0 aliphatic carbocycles. The predicted octanol–water partition coefficient (Wildman–Crippen LogP) is -0.251. The van der Waals surface area contributed by atoms with Gasteiger partial charge >= 0.3 is 5.91 Å². The maximum Gasteiger partial charge on any atom is 0.309 e. The van der Waals surface area contributed by atoms with E-state index >= 15 is 0 Å². The fourth-order valence-electron chi connectivity index (χ4n) is 1.96. The third-order valence-electron chi connectivity index (χ3n) is 3.34. The van der Waals surface area contributed by atoms with E-state index in [0.717, 1.165) is 12.1 Å². The van der Waals surface area contributed by atoms with Crippen LogP contribution in [-0.4, -0.2) is 52.8 Å². The van der Waals surface area contributed by atoms with Crippen molar-refractivity contribution in [3.63, 3.8) is 0 Å². The van der Waals surface area contributed by atoms with Crippen molar-refractivity contribution in [1.82, 2.24) is 0 Å². The number of amides is 3. The van der Waals surface area contributed by atoms with Crippen LogP contribution in [0.25, 0.3) is 0 Å². The summed E-state index contributed by atoms with van der Waals surface area (Å²) in [5.41, 5.74) is -0.697. The second-order valence-electron chi connectivity index (χ2n) is 5.37. The molecule has 152 valence electrons. The van der Waals surface area contributed by atoms with Crippen LogP contribution in [0.5, 0.6) is 5.75 Å². The molecule has 0 aliphatic heterocycles. The Kier molecular flexibility index (Phi) is 8.03. The van der Waals surface area contributed by atoms with Crippen LogP contribution in [0, 0.1) is 0 Å². The van der Waals surface area contributed by atoms with Gasteiger partial charge in [0, 0.05) is 12.5 Å². The first kappa shape index (κ1) is 23.3. The molecule has 0 fully saturated rings. The number of hydrogen-bond donors (Lipinski definition) is 2. The van der Waals surface area contributed by atoms with Gasteiger partial charge in [0.1, 0.15) is 5.75 Å². The van der Waals surface area contributed by atoms with E-state index in [1.165, 1.54) is 0 Å². The summed E-state index contributed by atoms with van der Waals surface area (Å²) in [6.07, 6.45) is -0.0827. The van der Waals surface area contributed by atoms with Crippen molar-refractivity contribution in [2.75, 3.05) is 10.2 Å². The van der Waals surface area contributed by atoms with Crippen LogP contribution in [0.3, 0.4) is 0 Å². The van der Waals surface area contributed by atoms with Gasteiger partial charge in [0.2, 0.25) is 12.3 Å². The lowest BCUT2D eigenvalue weighted by molar-refractivity contribution is -0.151. The van der Waals surface area contributed by atoms with Gasteiger partial charge in [0.05, 0.1) is 16.4 Å². The number of carbonyl (C=O) groups excluding carboxylic acids is 8. The molecular weight excluding hydrogens is 412 g/mol. The van der Waals surface area contributed by atoms with Gasteiger partial charge in [-0.25, -0.2) is 4.90 Å². The third-order valence-corrected chi connectivity index (χ3v) is 3.64. The van der Waals surface area contributed by atoms with E-state index < -0.39 is 52.7 Å². The molecule has 0 atom stereocenters. The van der Waals surface area contributed by atoms with Gasteiger partial charge in [0.25, 0.3) is 23.1 Å². The molecular formula is C17H13ClN2O9. The molecule has 0 bridgehead atoms. The zero-order chi connectivity index (χ0) is 22.3. The predicted molar refractivity (Wildman–Crippen MR) is 96.3 cm³/mol. The highest BCUT2D eigenvalue weighted by Gasteiger charge is 2.36. The molecule has 0 unspecified atom stereocenters. The number of anilines is 2. The number of phenols is 1. The van der Waals surface area contributed by atoms with Gasteiger partial charge in [-0.05, 0) is 12.5 Å². The van der Waals surface area contributed by atoms with Crippen LogP contribution in [-0.2, 0) is 38.4 Å². The van der Waals surface area contributed by atoms with Gasteiger partial charge in [-0.3, -0.25) is 38.4 Å². The Morgan fingerprint density at radius 3 is 2.21 bits per heavy atom. The Balaban J connectivity index is 3.21. The van der Waals surface area contributed by atoms with Crippen LogP contribution >= 0.6 is 11.6 Å². The fraction of sp³-hybridized carbons (Fsp3) is 0.176. The molecule has 3 amide bonds. The molecule has 1 rings (SSSR count). The highest BCUT2D eigenvalue weighted by molar-refractivity contribution is 6.91. The van der Waals surface area contributed by atoms with Crippen molar-refractivity contribution in [2.45, 2.75) is 19.8 Å². The number of phenolic OH excluding ortho intramolecular Hbond substituents is 1. The lowest BCUT2D eigenvalue weighted by atomic mass is 10.1. The average Bonchev–Trinajstić information content (AvgIpc) is 2.69. The molecule has 0 radical (unpaired) electrons. The topological polar surface area (TPSA) is 172 Å². The molecule has 2 N–H and O–H groups in total. The Hall–Kier alpha value is -3.73. The highest BCUT2D eigenvalue weighted by atomic mass is 35.5. The number of nitrogens with zero attached hydrogens (tertiary/aromatic N) is 1. The zero-order valence-corrected chi connectivity index (χ0v) is 15.5. The second-order valence-corrected chi connectivity index (χ2v) is 5.78. The number of rotatable bonds is 10. The number of Topliss-reactive ketones (excluding diaryl/α,β-unsaturated/α-hetero) is 4.